The van der Waals surface area contributed by atoms with Gasteiger partial charge in [0, 0.05) is 18.0 Å². The number of carbonyl (C=O) groups excluding carboxylic acids is 1. The van der Waals surface area contributed by atoms with Gasteiger partial charge >= 0.3 is 0 Å². The summed E-state index contributed by atoms with van der Waals surface area (Å²) in [6.07, 6.45) is 0.523. The highest BCUT2D eigenvalue weighted by Crippen LogP contribution is 2.31. The number of methoxy groups -OCH3 is 1. The standard InChI is InChI=1S/C15H18N2O3S/c1-10(7-8-18)16-14(19)12-9-21-15(17-12)11-5-3-4-6-13(11)20-2/h3-6,9-10,18H,7-8H2,1-2H3,(H,16,19). The first kappa shape index (κ1) is 15.5. The maximum atomic E-state index is 12.0. The van der Waals surface area contributed by atoms with E-state index in [1.807, 2.05) is 31.2 Å². The third-order valence-corrected chi connectivity index (χ3v) is 3.89. The smallest absolute Gasteiger partial charge is 0.270 e. The Bertz CT molecular complexity index is 612. The second-order valence-corrected chi connectivity index (χ2v) is 5.48. The minimum atomic E-state index is -0.228. The van der Waals surface area contributed by atoms with Crippen molar-refractivity contribution in [3.8, 4) is 16.3 Å². The number of rotatable bonds is 6. The lowest BCUT2D eigenvalue weighted by molar-refractivity contribution is 0.0930. The zero-order chi connectivity index (χ0) is 15.2. The Hall–Kier alpha value is -1.92. The molecule has 5 nitrogen and oxygen atoms in total. The summed E-state index contributed by atoms with van der Waals surface area (Å²) in [6.45, 7) is 1.90. The van der Waals surface area contributed by atoms with Gasteiger partial charge in [-0.05, 0) is 25.5 Å². The number of amides is 1. The topological polar surface area (TPSA) is 71.5 Å². The van der Waals surface area contributed by atoms with Crippen LogP contribution in [-0.2, 0) is 0 Å². The normalized spacial score (nSPS) is 12.0. The summed E-state index contributed by atoms with van der Waals surface area (Å²) >= 11 is 1.40. The summed E-state index contributed by atoms with van der Waals surface area (Å²) in [4.78, 5) is 16.4. The minimum Gasteiger partial charge on any atom is -0.496 e. The number of ether oxygens (including phenoxy) is 1. The van der Waals surface area contributed by atoms with Crippen molar-refractivity contribution in [3.63, 3.8) is 0 Å². The summed E-state index contributed by atoms with van der Waals surface area (Å²) in [6, 6.07) is 7.48. The number of para-hydroxylation sites is 1. The Morgan fingerprint density at radius 1 is 1.48 bits per heavy atom. The number of thiazole rings is 1. The summed E-state index contributed by atoms with van der Waals surface area (Å²) in [5.41, 5.74) is 1.25. The van der Waals surface area contributed by atoms with Crippen LogP contribution in [0.1, 0.15) is 23.8 Å². The fraction of sp³-hybridized carbons (Fsp3) is 0.333. The van der Waals surface area contributed by atoms with Crippen LogP contribution >= 0.6 is 11.3 Å². The van der Waals surface area contributed by atoms with Crippen molar-refractivity contribution in [2.75, 3.05) is 13.7 Å². The van der Waals surface area contributed by atoms with E-state index >= 15 is 0 Å². The van der Waals surface area contributed by atoms with Gasteiger partial charge in [-0.25, -0.2) is 4.98 Å². The van der Waals surface area contributed by atoms with Gasteiger partial charge < -0.3 is 15.2 Å². The quantitative estimate of drug-likeness (QED) is 0.859. The molecule has 2 rings (SSSR count). The molecule has 1 aromatic heterocycles. The van der Waals surface area contributed by atoms with E-state index in [9.17, 15) is 4.79 Å². The summed E-state index contributed by atoms with van der Waals surface area (Å²) in [5.74, 6) is 0.501. The van der Waals surface area contributed by atoms with Crippen LogP contribution in [0, 0.1) is 0 Å². The van der Waals surface area contributed by atoms with E-state index in [0.29, 0.717) is 12.1 Å². The first-order valence-corrected chi connectivity index (χ1v) is 7.54. The van der Waals surface area contributed by atoms with Crippen LogP contribution in [0.2, 0.25) is 0 Å². The Kier molecular flexibility index (Phi) is 5.30. The average Bonchev–Trinajstić information content (AvgIpc) is 2.97. The second-order valence-electron chi connectivity index (χ2n) is 4.62. The van der Waals surface area contributed by atoms with Crippen LogP contribution in [0.4, 0.5) is 0 Å². The number of nitrogens with one attached hydrogen (secondary N) is 1. The van der Waals surface area contributed by atoms with Crippen molar-refractivity contribution in [2.24, 2.45) is 0 Å². The van der Waals surface area contributed by atoms with E-state index in [2.05, 4.69) is 10.3 Å². The third-order valence-electron chi connectivity index (χ3n) is 3.01. The number of aromatic nitrogens is 1. The molecule has 0 bridgehead atoms. The molecule has 0 aliphatic heterocycles. The lowest BCUT2D eigenvalue weighted by Gasteiger charge is -2.10. The fourth-order valence-electron chi connectivity index (χ4n) is 1.89. The number of aliphatic hydroxyl groups excluding tert-OH is 1. The predicted molar refractivity (Wildman–Crippen MR) is 82.7 cm³/mol. The average molecular weight is 306 g/mol. The molecule has 0 saturated carbocycles. The Labute approximate surface area is 127 Å². The highest BCUT2D eigenvalue weighted by atomic mass is 32.1. The largest absolute Gasteiger partial charge is 0.496 e. The third kappa shape index (κ3) is 3.80. The van der Waals surface area contributed by atoms with Crippen molar-refractivity contribution in [3.05, 3.63) is 35.3 Å². The van der Waals surface area contributed by atoms with E-state index < -0.39 is 0 Å². The minimum absolute atomic E-state index is 0.0466. The summed E-state index contributed by atoms with van der Waals surface area (Å²) in [5, 5.41) is 14.1. The van der Waals surface area contributed by atoms with Gasteiger partial charge in [-0.15, -0.1) is 11.3 Å². The lowest BCUT2D eigenvalue weighted by atomic mass is 10.2. The van der Waals surface area contributed by atoms with Crippen molar-refractivity contribution in [2.45, 2.75) is 19.4 Å². The Balaban J connectivity index is 2.16. The molecule has 0 aliphatic carbocycles. The van der Waals surface area contributed by atoms with E-state index in [1.165, 1.54) is 11.3 Å². The number of aliphatic hydroxyl groups is 1. The monoisotopic (exact) mass is 306 g/mol. The molecular weight excluding hydrogens is 288 g/mol. The molecule has 0 radical (unpaired) electrons. The lowest BCUT2D eigenvalue weighted by Crippen LogP contribution is -2.33. The van der Waals surface area contributed by atoms with Crippen LogP contribution in [0.5, 0.6) is 5.75 Å². The van der Waals surface area contributed by atoms with Gasteiger partial charge in [-0.1, -0.05) is 12.1 Å². The SMILES string of the molecule is COc1ccccc1-c1nc(C(=O)NC(C)CCO)cs1. The van der Waals surface area contributed by atoms with E-state index in [0.717, 1.165) is 16.3 Å². The van der Waals surface area contributed by atoms with Gasteiger partial charge in [0.25, 0.3) is 5.91 Å². The molecular formula is C15H18N2O3S. The van der Waals surface area contributed by atoms with Crippen LogP contribution in [0.3, 0.4) is 0 Å². The number of carbonyl (C=O) groups is 1. The Morgan fingerprint density at radius 3 is 2.95 bits per heavy atom. The molecule has 0 fully saturated rings. The van der Waals surface area contributed by atoms with Crippen molar-refractivity contribution in [1.82, 2.24) is 10.3 Å². The molecule has 1 atom stereocenters. The predicted octanol–water partition coefficient (Wildman–Crippen LogP) is 2.32. The van der Waals surface area contributed by atoms with Gasteiger partial charge in [-0.2, -0.15) is 0 Å². The maximum Gasteiger partial charge on any atom is 0.270 e. The summed E-state index contributed by atoms with van der Waals surface area (Å²) < 4.78 is 5.30. The van der Waals surface area contributed by atoms with Crippen LogP contribution in [0.25, 0.3) is 10.6 Å². The molecule has 1 amide bonds. The molecule has 0 saturated heterocycles. The number of hydrogen-bond donors (Lipinski definition) is 2. The van der Waals surface area contributed by atoms with Crippen molar-refractivity contribution in [1.29, 1.82) is 0 Å². The molecule has 0 spiro atoms. The zero-order valence-electron chi connectivity index (χ0n) is 12.0. The Morgan fingerprint density at radius 2 is 2.24 bits per heavy atom. The first-order valence-electron chi connectivity index (χ1n) is 6.66. The molecule has 21 heavy (non-hydrogen) atoms. The number of benzene rings is 1. The number of nitrogens with zero attached hydrogens (tertiary/aromatic N) is 1. The molecule has 1 unspecified atom stereocenters. The summed E-state index contributed by atoms with van der Waals surface area (Å²) in [7, 11) is 1.61. The van der Waals surface area contributed by atoms with Gasteiger partial charge in [-0.3, -0.25) is 4.79 Å². The molecule has 6 heteroatoms. The van der Waals surface area contributed by atoms with Crippen LogP contribution in [0.15, 0.2) is 29.6 Å². The number of hydrogen-bond acceptors (Lipinski definition) is 5. The highest BCUT2D eigenvalue weighted by Gasteiger charge is 2.15. The molecule has 1 heterocycles. The van der Waals surface area contributed by atoms with Crippen LogP contribution < -0.4 is 10.1 Å². The van der Waals surface area contributed by atoms with E-state index in [1.54, 1.807) is 12.5 Å². The van der Waals surface area contributed by atoms with E-state index in [-0.39, 0.29) is 18.6 Å². The molecule has 112 valence electrons. The highest BCUT2D eigenvalue weighted by molar-refractivity contribution is 7.13. The van der Waals surface area contributed by atoms with Gasteiger partial charge in [0.15, 0.2) is 0 Å². The first-order chi connectivity index (χ1) is 10.2. The molecule has 0 aliphatic rings. The fourth-order valence-corrected chi connectivity index (χ4v) is 2.72. The second kappa shape index (κ2) is 7.19. The van der Waals surface area contributed by atoms with Crippen LogP contribution in [-0.4, -0.2) is 35.8 Å². The van der Waals surface area contributed by atoms with Gasteiger partial charge in [0.2, 0.25) is 0 Å². The maximum absolute atomic E-state index is 12.0. The van der Waals surface area contributed by atoms with E-state index in [4.69, 9.17) is 9.84 Å². The molecule has 1 aromatic carbocycles. The van der Waals surface area contributed by atoms with Crippen molar-refractivity contribution < 1.29 is 14.6 Å². The molecule has 2 N–H and O–H groups in total. The van der Waals surface area contributed by atoms with Gasteiger partial charge in [0.05, 0.1) is 12.7 Å². The zero-order valence-corrected chi connectivity index (χ0v) is 12.8. The van der Waals surface area contributed by atoms with Gasteiger partial charge in [0.1, 0.15) is 16.5 Å². The van der Waals surface area contributed by atoms with Crippen molar-refractivity contribution >= 4 is 17.2 Å². The molecule has 2 aromatic rings.